The molecule has 0 saturated heterocycles. The molecule has 4 aromatic rings. The summed E-state index contributed by atoms with van der Waals surface area (Å²) < 4.78 is 52.6. The number of fused-ring (bicyclic) bond motifs is 2. The maximum atomic E-state index is 13.8. The van der Waals surface area contributed by atoms with Crippen LogP contribution in [0.2, 0.25) is 5.02 Å². The Morgan fingerprint density at radius 1 is 1.09 bits per heavy atom. The summed E-state index contributed by atoms with van der Waals surface area (Å²) in [5.74, 6) is 0.273. The molecule has 11 heteroatoms. The number of rotatable bonds is 4. The number of aromatic nitrogens is 3. The lowest BCUT2D eigenvalue weighted by Gasteiger charge is -2.11. The van der Waals surface area contributed by atoms with Gasteiger partial charge in [-0.05, 0) is 42.0 Å². The Morgan fingerprint density at radius 2 is 1.91 bits per heavy atom. The van der Waals surface area contributed by atoms with Crippen LogP contribution >= 0.6 is 11.6 Å². The van der Waals surface area contributed by atoms with Crippen molar-refractivity contribution in [2.75, 3.05) is 6.79 Å². The van der Waals surface area contributed by atoms with Crippen LogP contribution in [0.25, 0.3) is 16.9 Å². The highest BCUT2D eigenvalue weighted by Gasteiger charge is 2.36. The van der Waals surface area contributed by atoms with Crippen molar-refractivity contribution in [3.05, 3.63) is 76.6 Å². The van der Waals surface area contributed by atoms with E-state index < -0.39 is 17.8 Å². The zero-order valence-electron chi connectivity index (χ0n) is 16.7. The van der Waals surface area contributed by atoms with Crippen molar-refractivity contribution in [2.24, 2.45) is 0 Å². The molecule has 0 spiro atoms. The van der Waals surface area contributed by atoms with E-state index in [1.165, 1.54) is 6.07 Å². The fourth-order valence-electron chi connectivity index (χ4n) is 3.41. The summed E-state index contributed by atoms with van der Waals surface area (Å²) in [6.07, 6.45) is -4.73. The first-order valence-corrected chi connectivity index (χ1v) is 10.1. The van der Waals surface area contributed by atoms with Gasteiger partial charge in [0, 0.05) is 23.2 Å². The number of nitrogens with one attached hydrogen (secondary N) is 1. The van der Waals surface area contributed by atoms with Crippen LogP contribution in [0.4, 0.5) is 13.2 Å². The molecular weight excluding hydrogens is 461 g/mol. The minimum absolute atomic E-state index is 0.0370. The molecule has 1 aliphatic rings. The average Bonchev–Trinajstić information content (AvgIpc) is 3.42. The van der Waals surface area contributed by atoms with Gasteiger partial charge in [-0.2, -0.15) is 18.3 Å². The van der Waals surface area contributed by atoms with E-state index >= 15 is 0 Å². The molecule has 0 aliphatic carbocycles. The second kappa shape index (κ2) is 7.96. The first-order chi connectivity index (χ1) is 15.8. The molecular formula is C22H14ClF3N4O3. The maximum Gasteiger partial charge on any atom is 0.433 e. The van der Waals surface area contributed by atoms with Crippen molar-refractivity contribution in [1.29, 1.82) is 0 Å². The highest BCUT2D eigenvalue weighted by atomic mass is 35.5. The molecule has 0 radical (unpaired) electrons. The molecule has 1 N–H and O–H groups in total. The lowest BCUT2D eigenvalue weighted by atomic mass is 10.1. The summed E-state index contributed by atoms with van der Waals surface area (Å²) in [4.78, 5) is 16.8. The van der Waals surface area contributed by atoms with Crippen molar-refractivity contribution >= 4 is 23.2 Å². The van der Waals surface area contributed by atoms with E-state index in [2.05, 4.69) is 15.4 Å². The van der Waals surface area contributed by atoms with Crippen LogP contribution in [0.1, 0.15) is 21.7 Å². The number of ether oxygens (including phenoxy) is 2. The Morgan fingerprint density at radius 3 is 2.70 bits per heavy atom. The maximum absolute atomic E-state index is 13.8. The highest BCUT2D eigenvalue weighted by Crippen LogP contribution is 2.37. The summed E-state index contributed by atoms with van der Waals surface area (Å²) in [5, 5.41) is 6.98. The van der Waals surface area contributed by atoms with Crippen molar-refractivity contribution in [3.63, 3.8) is 0 Å². The van der Waals surface area contributed by atoms with Gasteiger partial charge in [0.1, 0.15) is 0 Å². The Balaban J connectivity index is 1.50. The third-order valence-electron chi connectivity index (χ3n) is 4.96. The monoisotopic (exact) mass is 474 g/mol. The molecule has 0 unspecified atom stereocenters. The fraction of sp³-hybridized carbons (Fsp3) is 0.136. The smallest absolute Gasteiger partial charge is 0.433 e. The zero-order chi connectivity index (χ0) is 23.2. The van der Waals surface area contributed by atoms with Crippen molar-refractivity contribution in [2.45, 2.75) is 12.7 Å². The van der Waals surface area contributed by atoms with Crippen molar-refractivity contribution < 1.29 is 27.4 Å². The minimum atomic E-state index is -4.73. The van der Waals surface area contributed by atoms with E-state index in [-0.39, 0.29) is 30.4 Å². The van der Waals surface area contributed by atoms with E-state index in [1.807, 2.05) is 0 Å². The van der Waals surface area contributed by atoms with Gasteiger partial charge in [0.05, 0.1) is 5.69 Å². The Bertz CT molecular complexity index is 1390. The standard InChI is InChI=1S/C22H14ClF3N4O3/c23-14-3-1-2-12(6-14)10-27-21(31)16-9-20-28-15(8-19(22(24,25)26)30(20)29-16)13-4-5-17-18(7-13)33-11-32-17/h1-9H,10-11H2,(H,27,31). The molecule has 2 aromatic carbocycles. The number of hydrogen-bond donors (Lipinski definition) is 1. The number of amides is 1. The first kappa shape index (κ1) is 21.1. The van der Waals surface area contributed by atoms with Crippen LogP contribution in [0.3, 0.4) is 0 Å². The molecule has 0 atom stereocenters. The molecule has 1 amide bonds. The fourth-order valence-corrected chi connectivity index (χ4v) is 3.62. The van der Waals surface area contributed by atoms with E-state index in [1.54, 1.807) is 42.5 Å². The Labute approximate surface area is 189 Å². The van der Waals surface area contributed by atoms with Gasteiger partial charge in [-0.3, -0.25) is 4.79 Å². The summed E-state index contributed by atoms with van der Waals surface area (Å²) in [7, 11) is 0. The van der Waals surface area contributed by atoms with E-state index in [0.29, 0.717) is 26.6 Å². The molecule has 0 bridgehead atoms. The zero-order valence-corrected chi connectivity index (χ0v) is 17.4. The Kier molecular flexibility index (Phi) is 5.09. The van der Waals surface area contributed by atoms with Gasteiger partial charge < -0.3 is 14.8 Å². The van der Waals surface area contributed by atoms with Gasteiger partial charge in [0.25, 0.3) is 5.91 Å². The van der Waals surface area contributed by atoms with Crippen LogP contribution in [0.5, 0.6) is 11.5 Å². The molecule has 1 aliphatic heterocycles. The van der Waals surface area contributed by atoms with Gasteiger partial charge in [-0.25, -0.2) is 9.50 Å². The minimum Gasteiger partial charge on any atom is -0.454 e. The quantitative estimate of drug-likeness (QED) is 0.463. The molecule has 7 nitrogen and oxygen atoms in total. The van der Waals surface area contributed by atoms with Crippen LogP contribution in [-0.2, 0) is 12.7 Å². The SMILES string of the molecule is O=C(NCc1cccc(Cl)c1)c1cc2nc(-c3ccc4c(c3)OCO4)cc(C(F)(F)F)n2n1. The van der Waals surface area contributed by atoms with Gasteiger partial charge in [-0.1, -0.05) is 23.7 Å². The summed E-state index contributed by atoms with van der Waals surface area (Å²) in [6, 6.07) is 13.7. The summed E-state index contributed by atoms with van der Waals surface area (Å²) >= 11 is 5.93. The average molecular weight is 475 g/mol. The second-order valence-corrected chi connectivity index (χ2v) is 7.64. The van der Waals surface area contributed by atoms with Crippen molar-refractivity contribution in [1.82, 2.24) is 19.9 Å². The number of benzene rings is 2. The molecule has 0 saturated carbocycles. The van der Waals surface area contributed by atoms with Gasteiger partial charge in [0.15, 0.2) is 28.5 Å². The summed E-state index contributed by atoms with van der Waals surface area (Å²) in [6.45, 7) is 0.171. The molecule has 168 valence electrons. The number of hydrogen-bond acceptors (Lipinski definition) is 5. The topological polar surface area (TPSA) is 77.8 Å². The van der Waals surface area contributed by atoms with E-state index in [9.17, 15) is 18.0 Å². The third kappa shape index (κ3) is 4.17. The van der Waals surface area contributed by atoms with Crippen molar-refractivity contribution in [3.8, 4) is 22.8 Å². The lowest BCUT2D eigenvalue weighted by Crippen LogP contribution is -2.23. The number of nitrogens with zero attached hydrogens (tertiary/aromatic N) is 3. The van der Waals surface area contributed by atoms with Crippen LogP contribution in [0.15, 0.2) is 54.6 Å². The summed E-state index contributed by atoms with van der Waals surface area (Å²) in [5.41, 5.74) is -0.185. The second-order valence-electron chi connectivity index (χ2n) is 7.20. The number of alkyl halides is 3. The molecule has 5 rings (SSSR count). The van der Waals surface area contributed by atoms with Crippen LogP contribution in [-0.4, -0.2) is 27.3 Å². The van der Waals surface area contributed by atoms with E-state index in [0.717, 1.165) is 11.6 Å². The van der Waals surface area contributed by atoms with E-state index in [4.69, 9.17) is 21.1 Å². The van der Waals surface area contributed by atoms with Crippen LogP contribution < -0.4 is 14.8 Å². The number of carbonyl (C=O) groups is 1. The molecule has 33 heavy (non-hydrogen) atoms. The lowest BCUT2D eigenvalue weighted by molar-refractivity contribution is -0.142. The normalized spacial score (nSPS) is 12.8. The number of carbonyl (C=O) groups excluding carboxylic acids is 1. The number of halogens is 4. The largest absolute Gasteiger partial charge is 0.454 e. The van der Waals surface area contributed by atoms with Crippen LogP contribution in [0, 0.1) is 0 Å². The van der Waals surface area contributed by atoms with Gasteiger partial charge in [0.2, 0.25) is 6.79 Å². The molecule has 3 heterocycles. The van der Waals surface area contributed by atoms with Gasteiger partial charge in [-0.15, -0.1) is 0 Å². The predicted octanol–water partition coefficient (Wildman–Crippen LogP) is 4.73. The predicted molar refractivity (Wildman–Crippen MR) is 112 cm³/mol. The molecule has 2 aromatic heterocycles. The molecule has 0 fully saturated rings. The Hall–Kier alpha value is -3.79. The highest BCUT2D eigenvalue weighted by molar-refractivity contribution is 6.30. The first-order valence-electron chi connectivity index (χ1n) is 9.68. The third-order valence-corrected chi connectivity index (χ3v) is 5.20. The van der Waals surface area contributed by atoms with Gasteiger partial charge >= 0.3 is 6.18 Å².